The van der Waals surface area contributed by atoms with Crippen LogP contribution in [0.3, 0.4) is 0 Å². The van der Waals surface area contributed by atoms with E-state index in [1.807, 2.05) is 4.90 Å². The fourth-order valence-corrected chi connectivity index (χ4v) is 3.79. The van der Waals surface area contributed by atoms with Gasteiger partial charge in [-0.2, -0.15) is 0 Å². The molecule has 0 bridgehead atoms. The quantitative estimate of drug-likeness (QED) is 0.924. The van der Waals surface area contributed by atoms with Crippen molar-refractivity contribution in [3.05, 3.63) is 34.4 Å². The minimum atomic E-state index is -0.0625. The van der Waals surface area contributed by atoms with Gasteiger partial charge in [0.05, 0.1) is 5.92 Å². The number of hydrogen-bond donors (Lipinski definition) is 1. The van der Waals surface area contributed by atoms with Crippen LogP contribution in [0.2, 0.25) is 0 Å². The third-order valence-electron chi connectivity index (χ3n) is 5.31. The van der Waals surface area contributed by atoms with Crippen LogP contribution in [0.15, 0.2) is 12.1 Å². The summed E-state index contributed by atoms with van der Waals surface area (Å²) < 4.78 is 0. The molecule has 3 rings (SSSR count). The van der Waals surface area contributed by atoms with Gasteiger partial charge in [0.15, 0.2) is 0 Å². The fourth-order valence-electron chi connectivity index (χ4n) is 3.79. The lowest BCUT2D eigenvalue weighted by Gasteiger charge is -2.32. The molecule has 1 heterocycles. The molecule has 2 aliphatic rings. The molecule has 2 fully saturated rings. The topological polar surface area (TPSA) is 49.4 Å². The number of carbonyl (C=O) groups is 2. The number of likely N-dealkylation sites (tertiary alicyclic amines) is 1. The molecular formula is C20H28N2O2. The first-order chi connectivity index (χ1) is 11.5. The molecule has 1 saturated carbocycles. The number of aryl methyl sites for hydroxylation is 3. The van der Waals surface area contributed by atoms with Crippen molar-refractivity contribution in [2.45, 2.75) is 53.0 Å². The molecule has 1 aromatic carbocycles. The Hall–Kier alpha value is -1.84. The average Bonchev–Trinajstić information content (AvgIpc) is 3.38. The largest absolute Gasteiger partial charge is 0.352 e. The Labute approximate surface area is 144 Å². The van der Waals surface area contributed by atoms with E-state index in [0.717, 1.165) is 32.2 Å². The van der Waals surface area contributed by atoms with E-state index >= 15 is 0 Å². The second-order valence-corrected chi connectivity index (χ2v) is 7.49. The Balaban J connectivity index is 1.57. The van der Waals surface area contributed by atoms with E-state index in [2.05, 4.69) is 38.2 Å². The maximum atomic E-state index is 12.6. The number of carbonyl (C=O) groups excluding carboxylic acids is 2. The summed E-state index contributed by atoms with van der Waals surface area (Å²) in [5.74, 6) is 0.526. The summed E-state index contributed by atoms with van der Waals surface area (Å²) in [4.78, 5) is 26.7. The molecular weight excluding hydrogens is 300 g/mol. The number of nitrogens with one attached hydrogen (secondary N) is 1. The molecule has 0 unspecified atom stereocenters. The predicted octanol–water partition coefficient (Wildman–Crippen LogP) is 2.88. The van der Waals surface area contributed by atoms with Crippen LogP contribution in [0.4, 0.5) is 0 Å². The number of nitrogens with zero attached hydrogens (tertiary/aromatic N) is 1. The molecule has 2 amide bonds. The van der Waals surface area contributed by atoms with Crippen LogP contribution in [-0.2, 0) is 16.1 Å². The van der Waals surface area contributed by atoms with E-state index in [1.165, 1.54) is 22.3 Å². The zero-order valence-corrected chi connectivity index (χ0v) is 15.0. The van der Waals surface area contributed by atoms with Gasteiger partial charge in [0, 0.05) is 25.6 Å². The summed E-state index contributed by atoms with van der Waals surface area (Å²) in [6, 6.07) is 4.32. The standard InChI is InChI=1S/C20H28N2O2/c1-13-9-14(2)18(15(3)10-13)11-21-19(23)17-5-4-8-22(12-17)20(24)16-6-7-16/h9-10,16-17H,4-8,11-12H2,1-3H3,(H,21,23)/t17-/m0/s1. The summed E-state index contributed by atoms with van der Waals surface area (Å²) in [6.07, 6.45) is 3.86. The lowest BCUT2D eigenvalue weighted by Crippen LogP contribution is -2.45. The molecule has 130 valence electrons. The smallest absolute Gasteiger partial charge is 0.225 e. The van der Waals surface area contributed by atoms with Crippen molar-refractivity contribution in [1.29, 1.82) is 0 Å². The molecule has 1 saturated heterocycles. The zero-order valence-electron chi connectivity index (χ0n) is 15.0. The minimum absolute atomic E-state index is 0.0625. The average molecular weight is 328 g/mol. The highest BCUT2D eigenvalue weighted by Gasteiger charge is 2.36. The van der Waals surface area contributed by atoms with Crippen LogP contribution in [0.25, 0.3) is 0 Å². The van der Waals surface area contributed by atoms with Crippen molar-refractivity contribution >= 4 is 11.8 Å². The highest BCUT2D eigenvalue weighted by atomic mass is 16.2. The van der Waals surface area contributed by atoms with Gasteiger partial charge in [0.25, 0.3) is 0 Å². The fraction of sp³-hybridized carbons (Fsp3) is 0.600. The van der Waals surface area contributed by atoms with Gasteiger partial charge >= 0.3 is 0 Å². The molecule has 24 heavy (non-hydrogen) atoms. The number of piperidine rings is 1. The molecule has 1 aliphatic carbocycles. The van der Waals surface area contributed by atoms with E-state index in [1.54, 1.807) is 0 Å². The normalized spacial score (nSPS) is 20.8. The van der Waals surface area contributed by atoms with Crippen LogP contribution in [-0.4, -0.2) is 29.8 Å². The van der Waals surface area contributed by atoms with Crippen molar-refractivity contribution in [3.8, 4) is 0 Å². The van der Waals surface area contributed by atoms with Crippen LogP contribution >= 0.6 is 0 Å². The maximum Gasteiger partial charge on any atom is 0.225 e. The monoisotopic (exact) mass is 328 g/mol. The lowest BCUT2D eigenvalue weighted by molar-refractivity contribution is -0.136. The second-order valence-electron chi connectivity index (χ2n) is 7.49. The summed E-state index contributed by atoms with van der Waals surface area (Å²) in [5, 5.41) is 3.10. The van der Waals surface area contributed by atoms with Gasteiger partial charge in [0.1, 0.15) is 0 Å². The Kier molecular flexibility index (Phi) is 4.93. The molecule has 1 aromatic rings. The Bertz CT molecular complexity index is 626. The van der Waals surface area contributed by atoms with E-state index in [9.17, 15) is 9.59 Å². The Morgan fingerprint density at radius 1 is 1.08 bits per heavy atom. The molecule has 0 spiro atoms. The minimum Gasteiger partial charge on any atom is -0.352 e. The predicted molar refractivity (Wildman–Crippen MR) is 94.5 cm³/mol. The van der Waals surface area contributed by atoms with Crippen LogP contribution in [0.1, 0.15) is 47.9 Å². The number of amides is 2. The van der Waals surface area contributed by atoms with E-state index in [0.29, 0.717) is 13.1 Å². The Morgan fingerprint density at radius 3 is 2.38 bits per heavy atom. The van der Waals surface area contributed by atoms with Gasteiger partial charge in [-0.15, -0.1) is 0 Å². The van der Waals surface area contributed by atoms with Gasteiger partial charge in [0.2, 0.25) is 11.8 Å². The molecule has 4 nitrogen and oxygen atoms in total. The number of rotatable bonds is 4. The molecule has 0 aromatic heterocycles. The SMILES string of the molecule is Cc1cc(C)c(CNC(=O)[C@H]2CCCN(C(=O)C3CC3)C2)c(C)c1. The molecule has 1 atom stereocenters. The van der Waals surface area contributed by atoms with Crippen molar-refractivity contribution in [2.24, 2.45) is 11.8 Å². The summed E-state index contributed by atoms with van der Waals surface area (Å²) in [7, 11) is 0. The van der Waals surface area contributed by atoms with Gasteiger partial charge < -0.3 is 10.2 Å². The molecule has 1 N–H and O–H groups in total. The number of benzene rings is 1. The van der Waals surface area contributed by atoms with Crippen LogP contribution in [0, 0.1) is 32.6 Å². The summed E-state index contributed by atoms with van der Waals surface area (Å²) >= 11 is 0. The summed E-state index contributed by atoms with van der Waals surface area (Å²) in [5.41, 5.74) is 4.90. The first-order valence-corrected chi connectivity index (χ1v) is 9.09. The van der Waals surface area contributed by atoms with E-state index < -0.39 is 0 Å². The van der Waals surface area contributed by atoms with Crippen molar-refractivity contribution in [1.82, 2.24) is 10.2 Å². The van der Waals surface area contributed by atoms with Gasteiger partial charge in [-0.25, -0.2) is 0 Å². The van der Waals surface area contributed by atoms with Crippen molar-refractivity contribution in [2.75, 3.05) is 13.1 Å². The van der Waals surface area contributed by atoms with E-state index in [-0.39, 0.29) is 23.7 Å². The van der Waals surface area contributed by atoms with Gasteiger partial charge in [-0.3, -0.25) is 9.59 Å². The van der Waals surface area contributed by atoms with Gasteiger partial charge in [-0.1, -0.05) is 17.7 Å². The second kappa shape index (κ2) is 6.96. The zero-order chi connectivity index (χ0) is 17.3. The first kappa shape index (κ1) is 17.0. The third-order valence-corrected chi connectivity index (χ3v) is 5.31. The Morgan fingerprint density at radius 2 is 1.75 bits per heavy atom. The summed E-state index contributed by atoms with van der Waals surface area (Å²) in [6.45, 7) is 8.26. The van der Waals surface area contributed by atoms with E-state index in [4.69, 9.17) is 0 Å². The molecule has 0 radical (unpaired) electrons. The molecule has 1 aliphatic heterocycles. The van der Waals surface area contributed by atoms with Crippen molar-refractivity contribution < 1.29 is 9.59 Å². The highest BCUT2D eigenvalue weighted by molar-refractivity contribution is 5.83. The molecule has 4 heteroatoms. The van der Waals surface area contributed by atoms with Crippen molar-refractivity contribution in [3.63, 3.8) is 0 Å². The van der Waals surface area contributed by atoms with Crippen LogP contribution < -0.4 is 5.32 Å². The first-order valence-electron chi connectivity index (χ1n) is 9.09. The van der Waals surface area contributed by atoms with Gasteiger partial charge in [-0.05, 0) is 63.1 Å². The highest BCUT2D eigenvalue weighted by Crippen LogP contribution is 2.32. The third kappa shape index (κ3) is 3.80. The number of hydrogen-bond acceptors (Lipinski definition) is 2. The maximum absolute atomic E-state index is 12.6. The lowest BCUT2D eigenvalue weighted by atomic mass is 9.96. The van der Waals surface area contributed by atoms with Crippen LogP contribution in [0.5, 0.6) is 0 Å².